The monoisotopic (exact) mass is 286 g/mol. The van der Waals surface area contributed by atoms with Gasteiger partial charge in [-0.3, -0.25) is 0 Å². The van der Waals surface area contributed by atoms with Gasteiger partial charge in [0.05, 0.1) is 0 Å². The molecule has 4 rings (SSSR count). The first-order valence-electron chi connectivity index (χ1n) is 7.78. The molecule has 1 heteroatoms. The van der Waals surface area contributed by atoms with Crippen molar-refractivity contribution in [1.82, 2.24) is 0 Å². The van der Waals surface area contributed by atoms with Crippen molar-refractivity contribution in [3.63, 3.8) is 0 Å². The van der Waals surface area contributed by atoms with Crippen molar-refractivity contribution < 1.29 is 4.74 Å². The molecular formula is C21H18O. The maximum absolute atomic E-state index is 5.87. The second-order valence-electron chi connectivity index (χ2n) is 5.76. The number of hydrogen-bond acceptors (Lipinski definition) is 1. The van der Waals surface area contributed by atoms with Crippen LogP contribution in [-0.2, 0) is 19.4 Å². The fourth-order valence-electron chi connectivity index (χ4n) is 3.07. The van der Waals surface area contributed by atoms with Crippen LogP contribution in [0, 0.1) is 0 Å². The SMILES string of the molecule is c1ccc(CCc2ccc3c(c2)-c2ccccc2CO3)cc1. The highest BCUT2D eigenvalue weighted by atomic mass is 16.5. The molecule has 0 aliphatic carbocycles. The Balaban J connectivity index is 1.62. The second-order valence-corrected chi connectivity index (χ2v) is 5.76. The summed E-state index contributed by atoms with van der Waals surface area (Å²) in [4.78, 5) is 0. The molecule has 0 amide bonds. The van der Waals surface area contributed by atoms with Gasteiger partial charge < -0.3 is 4.74 Å². The standard InChI is InChI=1S/C21H18O/c1-2-6-16(7-3-1)10-11-17-12-13-21-20(14-17)19-9-5-4-8-18(19)15-22-21/h1-9,12-14H,10-11,15H2. The predicted octanol–water partition coefficient (Wildman–Crippen LogP) is 5.03. The maximum Gasteiger partial charge on any atom is 0.127 e. The third kappa shape index (κ3) is 2.50. The van der Waals surface area contributed by atoms with Gasteiger partial charge in [0, 0.05) is 5.56 Å². The first kappa shape index (κ1) is 13.1. The van der Waals surface area contributed by atoms with Gasteiger partial charge in [-0.25, -0.2) is 0 Å². The van der Waals surface area contributed by atoms with Crippen LogP contribution in [0.4, 0.5) is 0 Å². The van der Waals surface area contributed by atoms with Crippen molar-refractivity contribution in [3.8, 4) is 16.9 Å². The smallest absolute Gasteiger partial charge is 0.127 e. The molecule has 0 radical (unpaired) electrons. The zero-order valence-corrected chi connectivity index (χ0v) is 12.5. The Labute approximate surface area is 131 Å². The normalized spacial score (nSPS) is 12.2. The van der Waals surface area contributed by atoms with Gasteiger partial charge in [0.2, 0.25) is 0 Å². The summed E-state index contributed by atoms with van der Waals surface area (Å²) in [7, 11) is 0. The third-order valence-electron chi connectivity index (χ3n) is 4.28. The lowest BCUT2D eigenvalue weighted by atomic mass is 9.94. The van der Waals surface area contributed by atoms with E-state index in [0.29, 0.717) is 6.61 Å². The Morgan fingerprint density at radius 3 is 2.36 bits per heavy atom. The summed E-state index contributed by atoms with van der Waals surface area (Å²) in [5, 5.41) is 0. The van der Waals surface area contributed by atoms with E-state index in [-0.39, 0.29) is 0 Å². The van der Waals surface area contributed by atoms with Crippen LogP contribution in [0.5, 0.6) is 5.75 Å². The highest BCUT2D eigenvalue weighted by molar-refractivity contribution is 5.75. The highest BCUT2D eigenvalue weighted by Crippen LogP contribution is 2.38. The summed E-state index contributed by atoms with van der Waals surface area (Å²) >= 11 is 0. The lowest BCUT2D eigenvalue weighted by molar-refractivity contribution is 0.302. The zero-order chi connectivity index (χ0) is 14.8. The van der Waals surface area contributed by atoms with E-state index in [4.69, 9.17) is 4.74 Å². The number of fused-ring (bicyclic) bond motifs is 3. The minimum absolute atomic E-state index is 0.673. The van der Waals surface area contributed by atoms with E-state index in [1.807, 2.05) is 0 Å². The largest absolute Gasteiger partial charge is 0.488 e. The molecule has 1 nitrogen and oxygen atoms in total. The van der Waals surface area contributed by atoms with Crippen LogP contribution in [0.3, 0.4) is 0 Å². The van der Waals surface area contributed by atoms with Crippen LogP contribution in [0.2, 0.25) is 0 Å². The number of benzene rings is 3. The fraction of sp³-hybridized carbons (Fsp3) is 0.143. The number of ether oxygens (including phenoxy) is 1. The maximum atomic E-state index is 5.87. The van der Waals surface area contributed by atoms with Crippen molar-refractivity contribution in [3.05, 3.63) is 89.5 Å². The molecule has 0 bridgehead atoms. The summed E-state index contributed by atoms with van der Waals surface area (Å²) in [5.41, 5.74) is 6.56. The van der Waals surface area contributed by atoms with Gasteiger partial charge in [0.15, 0.2) is 0 Å². The molecule has 0 fully saturated rings. The zero-order valence-electron chi connectivity index (χ0n) is 12.5. The minimum atomic E-state index is 0.673. The molecule has 0 unspecified atom stereocenters. The topological polar surface area (TPSA) is 9.23 Å². The fourth-order valence-corrected chi connectivity index (χ4v) is 3.07. The molecule has 3 aromatic rings. The summed E-state index contributed by atoms with van der Waals surface area (Å²) in [6.45, 7) is 0.673. The average molecular weight is 286 g/mol. The summed E-state index contributed by atoms with van der Waals surface area (Å²) in [6.07, 6.45) is 2.13. The quantitative estimate of drug-likeness (QED) is 0.656. The molecular weight excluding hydrogens is 268 g/mol. The minimum Gasteiger partial charge on any atom is -0.488 e. The Morgan fingerprint density at radius 1 is 0.682 bits per heavy atom. The predicted molar refractivity (Wildman–Crippen MR) is 90.1 cm³/mol. The van der Waals surface area contributed by atoms with Crippen molar-refractivity contribution in [2.75, 3.05) is 0 Å². The van der Waals surface area contributed by atoms with Crippen LogP contribution in [-0.4, -0.2) is 0 Å². The van der Waals surface area contributed by atoms with Gasteiger partial charge in [-0.05, 0) is 47.2 Å². The molecule has 1 aliphatic rings. The molecule has 1 aliphatic heterocycles. The van der Waals surface area contributed by atoms with Gasteiger partial charge in [-0.2, -0.15) is 0 Å². The summed E-state index contributed by atoms with van der Waals surface area (Å²) in [6, 6.07) is 25.8. The Bertz CT molecular complexity index is 790. The van der Waals surface area contributed by atoms with Crippen molar-refractivity contribution in [2.45, 2.75) is 19.4 Å². The van der Waals surface area contributed by atoms with Crippen molar-refractivity contribution in [1.29, 1.82) is 0 Å². The second kappa shape index (κ2) is 5.69. The third-order valence-corrected chi connectivity index (χ3v) is 4.28. The van der Waals surface area contributed by atoms with E-state index < -0.39 is 0 Å². The molecule has 0 saturated carbocycles. The van der Waals surface area contributed by atoms with Gasteiger partial charge in [-0.1, -0.05) is 60.7 Å². The number of hydrogen-bond donors (Lipinski definition) is 0. The summed E-state index contributed by atoms with van der Waals surface area (Å²) in [5.74, 6) is 1.00. The van der Waals surface area contributed by atoms with Gasteiger partial charge in [-0.15, -0.1) is 0 Å². The molecule has 3 aromatic carbocycles. The Kier molecular flexibility index (Phi) is 3.40. The molecule has 108 valence electrons. The summed E-state index contributed by atoms with van der Waals surface area (Å²) < 4.78 is 5.87. The Hall–Kier alpha value is -2.54. The van der Waals surface area contributed by atoms with Crippen LogP contribution >= 0.6 is 0 Å². The van der Waals surface area contributed by atoms with E-state index in [2.05, 4.69) is 72.8 Å². The number of aryl methyl sites for hydroxylation is 2. The van der Waals surface area contributed by atoms with Crippen LogP contribution in [0.25, 0.3) is 11.1 Å². The Morgan fingerprint density at radius 2 is 1.45 bits per heavy atom. The van der Waals surface area contributed by atoms with Gasteiger partial charge in [0.1, 0.15) is 12.4 Å². The van der Waals surface area contributed by atoms with Crippen LogP contribution in [0.1, 0.15) is 16.7 Å². The molecule has 0 spiro atoms. The molecule has 1 heterocycles. The highest BCUT2D eigenvalue weighted by Gasteiger charge is 2.16. The first-order chi connectivity index (χ1) is 10.9. The van der Waals surface area contributed by atoms with Crippen molar-refractivity contribution >= 4 is 0 Å². The molecule has 0 aromatic heterocycles. The molecule has 0 atom stereocenters. The lowest BCUT2D eigenvalue weighted by Crippen LogP contribution is -2.05. The van der Waals surface area contributed by atoms with Crippen LogP contribution < -0.4 is 4.74 Å². The number of rotatable bonds is 3. The van der Waals surface area contributed by atoms with E-state index in [0.717, 1.165) is 18.6 Å². The lowest BCUT2D eigenvalue weighted by Gasteiger charge is -2.21. The van der Waals surface area contributed by atoms with Crippen molar-refractivity contribution in [2.24, 2.45) is 0 Å². The van der Waals surface area contributed by atoms with E-state index >= 15 is 0 Å². The molecule has 0 N–H and O–H groups in total. The van der Waals surface area contributed by atoms with E-state index in [1.54, 1.807) is 0 Å². The molecule has 0 saturated heterocycles. The van der Waals surface area contributed by atoms with Crippen LogP contribution in [0.15, 0.2) is 72.8 Å². The molecule has 22 heavy (non-hydrogen) atoms. The average Bonchev–Trinajstić information content (AvgIpc) is 2.60. The van der Waals surface area contributed by atoms with Gasteiger partial charge >= 0.3 is 0 Å². The first-order valence-corrected chi connectivity index (χ1v) is 7.78. The van der Waals surface area contributed by atoms with E-state index in [1.165, 1.54) is 27.8 Å². The van der Waals surface area contributed by atoms with E-state index in [9.17, 15) is 0 Å². The van der Waals surface area contributed by atoms with Gasteiger partial charge in [0.25, 0.3) is 0 Å².